The molecule has 0 spiro atoms. The summed E-state index contributed by atoms with van der Waals surface area (Å²) in [5.74, 6) is 3.92. The van der Waals surface area contributed by atoms with Crippen LogP contribution in [0.25, 0.3) is 0 Å². The van der Waals surface area contributed by atoms with Crippen LogP contribution in [0, 0.1) is 11.8 Å². The zero-order valence-electron chi connectivity index (χ0n) is 10.6. The van der Waals surface area contributed by atoms with Crippen LogP contribution in [0.15, 0.2) is 4.42 Å². The van der Waals surface area contributed by atoms with E-state index in [4.69, 9.17) is 4.42 Å². The highest BCUT2D eigenvalue weighted by molar-refractivity contribution is 5.04. The van der Waals surface area contributed by atoms with Crippen molar-refractivity contribution in [3.8, 4) is 0 Å². The van der Waals surface area contributed by atoms with Gasteiger partial charge in [-0.3, -0.25) is 0 Å². The number of hydrogen-bond acceptors (Lipinski definition) is 4. The Bertz CT molecular complexity index is 386. The Morgan fingerprint density at radius 2 is 2.24 bits per heavy atom. The van der Waals surface area contributed by atoms with Crippen molar-refractivity contribution in [3.05, 3.63) is 11.8 Å². The van der Waals surface area contributed by atoms with E-state index in [9.17, 15) is 0 Å². The van der Waals surface area contributed by atoms with Gasteiger partial charge in [-0.25, -0.2) is 0 Å². The molecule has 2 bridgehead atoms. The quantitative estimate of drug-likeness (QED) is 0.871. The third kappa shape index (κ3) is 1.88. The van der Waals surface area contributed by atoms with Gasteiger partial charge in [0.05, 0.1) is 6.04 Å². The van der Waals surface area contributed by atoms with Crippen molar-refractivity contribution in [2.24, 2.45) is 11.8 Å². The molecule has 1 aromatic heterocycles. The molecule has 1 N–H and O–H groups in total. The van der Waals surface area contributed by atoms with Gasteiger partial charge in [0.2, 0.25) is 11.8 Å². The summed E-state index contributed by atoms with van der Waals surface area (Å²) in [6, 6.07) is 0.204. The molecule has 2 aliphatic carbocycles. The van der Waals surface area contributed by atoms with Crippen LogP contribution in [0.2, 0.25) is 0 Å². The summed E-state index contributed by atoms with van der Waals surface area (Å²) in [6.45, 7) is 2.13. The zero-order valence-corrected chi connectivity index (χ0v) is 10.6. The van der Waals surface area contributed by atoms with E-state index in [0.717, 1.165) is 30.0 Å². The first-order valence-corrected chi connectivity index (χ1v) is 6.82. The molecule has 1 aromatic rings. The third-order valence-electron chi connectivity index (χ3n) is 4.57. The zero-order chi connectivity index (χ0) is 11.8. The average molecular weight is 235 g/mol. The van der Waals surface area contributed by atoms with E-state index in [1.807, 2.05) is 7.05 Å². The van der Waals surface area contributed by atoms with Crippen molar-refractivity contribution in [1.82, 2.24) is 15.5 Å². The molecule has 4 heteroatoms. The maximum atomic E-state index is 5.88. The van der Waals surface area contributed by atoms with Crippen LogP contribution >= 0.6 is 0 Å². The van der Waals surface area contributed by atoms with Gasteiger partial charge in [-0.2, -0.15) is 0 Å². The second-order valence-corrected chi connectivity index (χ2v) is 5.51. The Hall–Kier alpha value is -0.900. The van der Waals surface area contributed by atoms with E-state index in [1.54, 1.807) is 0 Å². The summed E-state index contributed by atoms with van der Waals surface area (Å²) in [5, 5.41) is 11.7. The highest BCUT2D eigenvalue weighted by atomic mass is 16.4. The lowest BCUT2D eigenvalue weighted by molar-refractivity contribution is 0.319. The predicted octanol–water partition coefficient (Wildman–Crippen LogP) is 2.64. The van der Waals surface area contributed by atoms with E-state index < -0.39 is 0 Å². The van der Waals surface area contributed by atoms with Crippen molar-refractivity contribution < 1.29 is 4.42 Å². The minimum atomic E-state index is 0.204. The molecule has 2 saturated carbocycles. The van der Waals surface area contributed by atoms with Gasteiger partial charge in [0.15, 0.2) is 0 Å². The fourth-order valence-corrected chi connectivity index (χ4v) is 3.59. The molecule has 0 aromatic carbocycles. The van der Waals surface area contributed by atoms with Crippen LogP contribution in [0.4, 0.5) is 0 Å². The summed E-state index contributed by atoms with van der Waals surface area (Å²) in [6.07, 6.45) is 6.40. The summed E-state index contributed by atoms with van der Waals surface area (Å²) in [7, 11) is 1.94. The topological polar surface area (TPSA) is 51.0 Å². The van der Waals surface area contributed by atoms with Crippen molar-refractivity contribution in [3.63, 3.8) is 0 Å². The lowest BCUT2D eigenvalue weighted by Crippen LogP contribution is -2.15. The Balaban J connectivity index is 1.76. The highest BCUT2D eigenvalue weighted by Gasteiger charge is 2.42. The van der Waals surface area contributed by atoms with E-state index >= 15 is 0 Å². The molecule has 17 heavy (non-hydrogen) atoms. The Morgan fingerprint density at radius 3 is 2.82 bits per heavy atom. The molecule has 4 nitrogen and oxygen atoms in total. The van der Waals surface area contributed by atoms with Gasteiger partial charge in [-0.05, 0) is 44.6 Å². The maximum absolute atomic E-state index is 5.88. The molecule has 4 atom stereocenters. The van der Waals surface area contributed by atoms with Crippen LogP contribution in [0.1, 0.15) is 62.8 Å². The first-order valence-electron chi connectivity index (χ1n) is 6.82. The van der Waals surface area contributed by atoms with Crippen LogP contribution in [-0.2, 0) is 0 Å². The lowest BCUT2D eigenvalue weighted by atomic mass is 9.89. The molecular formula is C13H21N3O. The van der Waals surface area contributed by atoms with E-state index in [1.165, 1.54) is 25.7 Å². The molecule has 3 rings (SSSR count). The maximum Gasteiger partial charge on any atom is 0.233 e. The molecule has 0 amide bonds. The fraction of sp³-hybridized carbons (Fsp3) is 0.846. The van der Waals surface area contributed by atoms with Gasteiger partial charge < -0.3 is 9.73 Å². The monoisotopic (exact) mass is 235 g/mol. The second kappa shape index (κ2) is 4.41. The molecule has 94 valence electrons. The summed E-state index contributed by atoms with van der Waals surface area (Å²) in [4.78, 5) is 0. The van der Waals surface area contributed by atoms with Crippen molar-refractivity contribution in [2.75, 3.05) is 7.05 Å². The minimum absolute atomic E-state index is 0.204. The van der Waals surface area contributed by atoms with Crippen molar-refractivity contribution >= 4 is 0 Å². The van der Waals surface area contributed by atoms with Gasteiger partial charge in [-0.1, -0.05) is 13.3 Å². The van der Waals surface area contributed by atoms with Crippen molar-refractivity contribution in [1.29, 1.82) is 0 Å². The van der Waals surface area contributed by atoms with E-state index in [0.29, 0.717) is 5.92 Å². The molecule has 2 fully saturated rings. The van der Waals surface area contributed by atoms with Crippen LogP contribution in [0.3, 0.4) is 0 Å². The number of rotatable bonds is 4. The smallest absolute Gasteiger partial charge is 0.233 e. The number of nitrogens with one attached hydrogen (secondary N) is 1. The first kappa shape index (κ1) is 11.2. The second-order valence-electron chi connectivity index (χ2n) is 5.51. The molecule has 4 unspecified atom stereocenters. The number of aromatic nitrogens is 2. The normalized spacial score (nSPS) is 33.2. The lowest BCUT2D eigenvalue weighted by Gasteiger charge is -2.17. The van der Waals surface area contributed by atoms with Crippen LogP contribution in [0.5, 0.6) is 0 Å². The Kier molecular flexibility index (Phi) is 2.90. The van der Waals surface area contributed by atoms with Gasteiger partial charge in [-0.15, -0.1) is 10.2 Å². The summed E-state index contributed by atoms with van der Waals surface area (Å²) < 4.78 is 5.88. The average Bonchev–Trinajstić information content (AvgIpc) is 3.06. The Labute approximate surface area is 102 Å². The van der Waals surface area contributed by atoms with E-state index in [2.05, 4.69) is 22.4 Å². The molecule has 0 aliphatic heterocycles. The third-order valence-corrected chi connectivity index (χ3v) is 4.57. The van der Waals surface area contributed by atoms with Gasteiger partial charge in [0.25, 0.3) is 0 Å². The first-order chi connectivity index (χ1) is 8.31. The SMILES string of the molecule is CCC(NC)c1nnc(C2CC3CCC2C3)o1. The number of nitrogens with zero attached hydrogens (tertiary/aromatic N) is 2. The fourth-order valence-electron chi connectivity index (χ4n) is 3.59. The molecule has 0 radical (unpaired) electrons. The molecular weight excluding hydrogens is 214 g/mol. The summed E-state index contributed by atoms with van der Waals surface area (Å²) in [5.41, 5.74) is 0. The standard InChI is InChI=1S/C13H21N3O/c1-3-11(14-2)13-16-15-12(17-13)10-7-8-4-5-9(10)6-8/h8-11,14H,3-7H2,1-2H3. The molecule has 0 saturated heterocycles. The highest BCUT2D eigenvalue weighted by Crippen LogP contribution is 2.52. The largest absolute Gasteiger partial charge is 0.423 e. The van der Waals surface area contributed by atoms with Crippen LogP contribution < -0.4 is 5.32 Å². The van der Waals surface area contributed by atoms with Crippen LogP contribution in [-0.4, -0.2) is 17.2 Å². The van der Waals surface area contributed by atoms with E-state index in [-0.39, 0.29) is 6.04 Å². The Morgan fingerprint density at radius 1 is 1.35 bits per heavy atom. The molecule has 2 aliphatic rings. The van der Waals surface area contributed by atoms with Gasteiger partial charge >= 0.3 is 0 Å². The number of hydrogen-bond donors (Lipinski definition) is 1. The summed E-state index contributed by atoms with van der Waals surface area (Å²) >= 11 is 0. The van der Waals surface area contributed by atoms with Gasteiger partial charge in [0, 0.05) is 5.92 Å². The van der Waals surface area contributed by atoms with Gasteiger partial charge in [0.1, 0.15) is 0 Å². The minimum Gasteiger partial charge on any atom is -0.423 e. The van der Waals surface area contributed by atoms with Crippen molar-refractivity contribution in [2.45, 2.75) is 51.0 Å². The molecule has 1 heterocycles. The number of fused-ring (bicyclic) bond motifs is 2. The predicted molar refractivity (Wildman–Crippen MR) is 64.6 cm³/mol.